The highest BCUT2D eigenvalue weighted by atomic mass is 127. The summed E-state index contributed by atoms with van der Waals surface area (Å²) in [5.41, 5.74) is 2.73. The summed E-state index contributed by atoms with van der Waals surface area (Å²) in [5, 5.41) is 12.2. The second kappa shape index (κ2) is 12.0. The van der Waals surface area contributed by atoms with Gasteiger partial charge in [0.25, 0.3) is 5.91 Å². The zero-order valence-electron chi connectivity index (χ0n) is 17.4. The van der Waals surface area contributed by atoms with Crippen LogP contribution in [0.4, 0.5) is 4.39 Å². The van der Waals surface area contributed by atoms with Crippen LogP contribution in [0.1, 0.15) is 23.1 Å². The lowest BCUT2D eigenvalue weighted by Gasteiger charge is -2.09. The number of carbonyl (C=O) groups is 1. The SMILES string of the molecule is N#C/C(=C/c1ccc(OCc2cccc(F)c2)c(I)c1)C(=O)NCCCc1ccccc1. The van der Waals surface area contributed by atoms with Crippen molar-refractivity contribution in [1.29, 1.82) is 5.26 Å². The Labute approximate surface area is 200 Å². The van der Waals surface area contributed by atoms with Gasteiger partial charge in [0.15, 0.2) is 0 Å². The Kier molecular flexibility index (Phi) is 8.81. The topological polar surface area (TPSA) is 62.1 Å². The Morgan fingerprint density at radius 2 is 1.84 bits per heavy atom. The summed E-state index contributed by atoms with van der Waals surface area (Å²) in [6, 6.07) is 23.7. The molecule has 162 valence electrons. The fraction of sp³-hybridized carbons (Fsp3) is 0.154. The molecule has 4 nitrogen and oxygen atoms in total. The van der Waals surface area contributed by atoms with E-state index in [0.717, 1.165) is 27.5 Å². The quantitative estimate of drug-likeness (QED) is 0.165. The number of nitriles is 1. The van der Waals surface area contributed by atoms with Crippen LogP contribution in [0.5, 0.6) is 5.75 Å². The largest absolute Gasteiger partial charge is 0.488 e. The van der Waals surface area contributed by atoms with Gasteiger partial charge in [-0.05, 0) is 82.5 Å². The third-order valence-corrected chi connectivity index (χ3v) is 5.53. The van der Waals surface area contributed by atoms with Crippen molar-refractivity contribution in [2.45, 2.75) is 19.4 Å². The van der Waals surface area contributed by atoms with Crippen LogP contribution in [0.2, 0.25) is 0 Å². The van der Waals surface area contributed by atoms with Crippen LogP contribution >= 0.6 is 22.6 Å². The molecule has 0 radical (unpaired) electrons. The van der Waals surface area contributed by atoms with Gasteiger partial charge in [0.05, 0.1) is 3.57 Å². The Morgan fingerprint density at radius 3 is 2.56 bits per heavy atom. The lowest BCUT2D eigenvalue weighted by Crippen LogP contribution is -2.25. The molecule has 0 heterocycles. The van der Waals surface area contributed by atoms with Crippen molar-refractivity contribution >= 4 is 34.6 Å². The van der Waals surface area contributed by atoms with E-state index in [0.29, 0.717) is 12.3 Å². The number of nitrogens with one attached hydrogen (secondary N) is 1. The van der Waals surface area contributed by atoms with Gasteiger partial charge in [-0.15, -0.1) is 0 Å². The third-order valence-electron chi connectivity index (χ3n) is 4.69. The maximum absolute atomic E-state index is 13.3. The van der Waals surface area contributed by atoms with Crippen LogP contribution in [-0.4, -0.2) is 12.5 Å². The number of hydrogen-bond donors (Lipinski definition) is 1. The molecule has 0 spiro atoms. The van der Waals surface area contributed by atoms with Gasteiger partial charge in [0.2, 0.25) is 0 Å². The molecule has 0 aliphatic heterocycles. The summed E-state index contributed by atoms with van der Waals surface area (Å²) in [6.07, 6.45) is 3.22. The molecule has 0 saturated carbocycles. The Balaban J connectivity index is 1.55. The molecule has 3 rings (SSSR count). The summed E-state index contributed by atoms with van der Waals surface area (Å²) in [7, 11) is 0. The smallest absolute Gasteiger partial charge is 0.261 e. The maximum atomic E-state index is 13.3. The van der Waals surface area contributed by atoms with Crippen LogP contribution < -0.4 is 10.1 Å². The number of aryl methyl sites for hydroxylation is 1. The van der Waals surface area contributed by atoms with Crippen molar-refractivity contribution in [3.8, 4) is 11.8 Å². The Hall–Kier alpha value is -3.18. The highest BCUT2D eigenvalue weighted by Gasteiger charge is 2.10. The number of halogens is 2. The Bertz CT molecular complexity index is 1140. The van der Waals surface area contributed by atoms with Crippen LogP contribution in [0.3, 0.4) is 0 Å². The molecule has 0 saturated heterocycles. The van der Waals surface area contributed by atoms with E-state index < -0.39 is 0 Å². The fourth-order valence-corrected chi connectivity index (χ4v) is 3.76. The number of amides is 1. The van der Waals surface area contributed by atoms with Crippen LogP contribution in [-0.2, 0) is 17.8 Å². The molecule has 0 aromatic heterocycles. The summed E-state index contributed by atoms with van der Waals surface area (Å²) < 4.78 is 19.9. The molecular weight excluding hydrogens is 518 g/mol. The summed E-state index contributed by atoms with van der Waals surface area (Å²) in [5.74, 6) is -0.0402. The molecule has 0 aliphatic carbocycles. The highest BCUT2D eigenvalue weighted by Crippen LogP contribution is 2.24. The number of nitrogens with zero attached hydrogens (tertiary/aromatic N) is 1. The fourth-order valence-electron chi connectivity index (χ4n) is 3.06. The van der Waals surface area contributed by atoms with E-state index in [1.807, 2.05) is 30.3 Å². The first-order valence-electron chi connectivity index (χ1n) is 10.2. The molecule has 1 N–H and O–H groups in total. The maximum Gasteiger partial charge on any atom is 0.261 e. The number of ether oxygens (including phenoxy) is 1. The molecular formula is C26H22FIN2O2. The number of benzene rings is 3. The van der Waals surface area contributed by atoms with Crippen LogP contribution in [0.15, 0.2) is 78.4 Å². The van der Waals surface area contributed by atoms with E-state index in [1.54, 1.807) is 30.3 Å². The molecule has 6 heteroatoms. The first-order chi connectivity index (χ1) is 15.5. The van der Waals surface area contributed by atoms with E-state index in [9.17, 15) is 14.4 Å². The number of hydrogen-bond acceptors (Lipinski definition) is 3. The zero-order valence-corrected chi connectivity index (χ0v) is 19.5. The zero-order chi connectivity index (χ0) is 22.8. The summed E-state index contributed by atoms with van der Waals surface area (Å²) >= 11 is 2.13. The molecule has 0 unspecified atom stereocenters. The normalized spacial score (nSPS) is 11.0. The van der Waals surface area contributed by atoms with Gasteiger partial charge in [0, 0.05) is 6.54 Å². The van der Waals surface area contributed by atoms with Crippen molar-refractivity contribution in [1.82, 2.24) is 5.32 Å². The van der Waals surface area contributed by atoms with Crippen molar-refractivity contribution in [3.05, 3.63) is 104 Å². The van der Waals surface area contributed by atoms with E-state index in [-0.39, 0.29) is 23.9 Å². The number of rotatable bonds is 9. The average Bonchev–Trinajstić information content (AvgIpc) is 2.80. The second-order valence-corrected chi connectivity index (χ2v) is 8.29. The minimum Gasteiger partial charge on any atom is -0.488 e. The molecule has 0 bridgehead atoms. The predicted molar refractivity (Wildman–Crippen MR) is 131 cm³/mol. The van der Waals surface area contributed by atoms with Crippen LogP contribution in [0.25, 0.3) is 6.08 Å². The molecule has 0 aliphatic rings. The lowest BCUT2D eigenvalue weighted by molar-refractivity contribution is -0.117. The number of carbonyl (C=O) groups excluding carboxylic acids is 1. The van der Waals surface area contributed by atoms with Gasteiger partial charge in [-0.25, -0.2) is 4.39 Å². The van der Waals surface area contributed by atoms with E-state index in [4.69, 9.17) is 4.74 Å². The first-order valence-corrected chi connectivity index (χ1v) is 11.2. The van der Waals surface area contributed by atoms with Crippen LogP contribution in [0, 0.1) is 20.7 Å². The Morgan fingerprint density at radius 1 is 1.06 bits per heavy atom. The third kappa shape index (κ3) is 7.20. The van der Waals surface area contributed by atoms with E-state index >= 15 is 0 Å². The van der Waals surface area contributed by atoms with E-state index in [2.05, 4.69) is 40.0 Å². The summed E-state index contributed by atoms with van der Waals surface area (Å²) in [6.45, 7) is 0.745. The van der Waals surface area contributed by atoms with Gasteiger partial charge in [-0.1, -0.05) is 48.5 Å². The predicted octanol–water partition coefficient (Wildman–Crippen LogP) is 5.67. The summed E-state index contributed by atoms with van der Waals surface area (Å²) in [4.78, 5) is 12.4. The standard InChI is InChI=1S/C26H22FIN2O2/c27-23-10-4-8-21(15-23)18-32-25-12-11-20(16-24(25)28)14-22(17-29)26(31)30-13-5-9-19-6-2-1-3-7-19/h1-4,6-8,10-12,14-16H,5,9,13,18H2,(H,30,31)/b22-14-. The minimum absolute atomic E-state index is 0.0499. The minimum atomic E-state index is -0.387. The van der Waals surface area contributed by atoms with Crippen molar-refractivity contribution in [2.24, 2.45) is 0 Å². The molecule has 3 aromatic carbocycles. The lowest BCUT2D eigenvalue weighted by atomic mass is 10.1. The van der Waals surface area contributed by atoms with Crippen molar-refractivity contribution in [3.63, 3.8) is 0 Å². The molecule has 1 amide bonds. The van der Waals surface area contributed by atoms with Gasteiger partial charge >= 0.3 is 0 Å². The highest BCUT2D eigenvalue weighted by molar-refractivity contribution is 14.1. The molecule has 0 fully saturated rings. The average molecular weight is 540 g/mol. The van der Waals surface area contributed by atoms with Gasteiger partial charge < -0.3 is 10.1 Å². The van der Waals surface area contributed by atoms with Gasteiger partial charge in [-0.2, -0.15) is 5.26 Å². The van der Waals surface area contributed by atoms with E-state index in [1.165, 1.54) is 17.7 Å². The van der Waals surface area contributed by atoms with Crippen molar-refractivity contribution in [2.75, 3.05) is 6.54 Å². The molecule has 32 heavy (non-hydrogen) atoms. The molecule has 0 atom stereocenters. The van der Waals surface area contributed by atoms with Gasteiger partial charge in [0.1, 0.15) is 29.8 Å². The molecule has 3 aromatic rings. The first kappa shape index (κ1) is 23.5. The van der Waals surface area contributed by atoms with Gasteiger partial charge in [-0.3, -0.25) is 4.79 Å². The monoisotopic (exact) mass is 540 g/mol. The second-order valence-electron chi connectivity index (χ2n) is 7.12. The van der Waals surface area contributed by atoms with Crippen molar-refractivity contribution < 1.29 is 13.9 Å².